The van der Waals surface area contributed by atoms with Crippen LogP contribution in [0.5, 0.6) is 0 Å². The molecule has 0 aliphatic heterocycles. The number of nitrogen functional groups attached to an aromatic ring is 1. The molecule has 0 spiro atoms. The van der Waals surface area contributed by atoms with E-state index < -0.39 is 15.8 Å². The van der Waals surface area contributed by atoms with Crippen molar-refractivity contribution < 1.29 is 17.9 Å². The fraction of sp³-hybridized carbons (Fsp3) is 0.417. The normalized spacial score (nSPS) is 11.1. The summed E-state index contributed by atoms with van der Waals surface area (Å²) in [6.07, 6.45) is 1.09. The molecular formula is C12H18N2O4S. The van der Waals surface area contributed by atoms with Crippen molar-refractivity contribution in [3.8, 4) is 0 Å². The Labute approximate surface area is 113 Å². The van der Waals surface area contributed by atoms with Crippen LogP contribution in [-0.4, -0.2) is 47.1 Å². The minimum atomic E-state index is -3.15. The van der Waals surface area contributed by atoms with Crippen molar-refractivity contribution in [1.82, 2.24) is 0 Å². The highest BCUT2D eigenvalue weighted by molar-refractivity contribution is 7.90. The Hall–Kier alpha value is -1.76. The number of nitrogens with zero attached hydrogens (tertiary/aromatic N) is 1. The molecule has 1 aromatic rings. The fourth-order valence-corrected chi connectivity index (χ4v) is 1.86. The van der Waals surface area contributed by atoms with E-state index in [2.05, 4.69) is 0 Å². The Bertz CT molecular complexity index is 567. The summed E-state index contributed by atoms with van der Waals surface area (Å²) in [5.74, 6) is -0.780. The van der Waals surface area contributed by atoms with Crippen molar-refractivity contribution in [2.24, 2.45) is 0 Å². The molecule has 0 aliphatic rings. The highest BCUT2D eigenvalue weighted by Crippen LogP contribution is 2.22. The molecule has 0 saturated carbocycles. The van der Waals surface area contributed by atoms with Gasteiger partial charge in [-0.15, -0.1) is 0 Å². The van der Waals surface area contributed by atoms with Gasteiger partial charge in [-0.05, 0) is 18.2 Å². The van der Waals surface area contributed by atoms with E-state index in [0.717, 1.165) is 6.26 Å². The van der Waals surface area contributed by atoms with Gasteiger partial charge in [-0.2, -0.15) is 0 Å². The lowest BCUT2D eigenvalue weighted by Crippen LogP contribution is -2.18. The van der Waals surface area contributed by atoms with Gasteiger partial charge in [0.2, 0.25) is 0 Å². The van der Waals surface area contributed by atoms with Gasteiger partial charge >= 0.3 is 5.97 Å². The monoisotopic (exact) mass is 286 g/mol. The molecule has 19 heavy (non-hydrogen) atoms. The smallest absolute Gasteiger partial charge is 0.340 e. The maximum Gasteiger partial charge on any atom is 0.340 e. The summed E-state index contributed by atoms with van der Waals surface area (Å²) in [5, 5.41) is 0. The van der Waals surface area contributed by atoms with Gasteiger partial charge in [0.25, 0.3) is 0 Å². The minimum absolute atomic E-state index is 0.167. The summed E-state index contributed by atoms with van der Waals surface area (Å²) >= 11 is 0. The number of rotatable bonds is 5. The number of anilines is 2. The molecule has 0 aromatic heterocycles. The third-order valence-corrected chi connectivity index (χ3v) is 3.32. The average Bonchev–Trinajstić information content (AvgIpc) is 2.26. The van der Waals surface area contributed by atoms with E-state index in [4.69, 9.17) is 10.5 Å². The number of esters is 1. The Kier molecular flexibility index (Phi) is 4.77. The van der Waals surface area contributed by atoms with E-state index in [1.807, 2.05) is 0 Å². The van der Waals surface area contributed by atoms with Crippen LogP contribution in [0.1, 0.15) is 10.4 Å². The number of sulfone groups is 1. The van der Waals surface area contributed by atoms with E-state index in [-0.39, 0.29) is 12.4 Å². The summed E-state index contributed by atoms with van der Waals surface area (Å²) < 4.78 is 26.9. The van der Waals surface area contributed by atoms with Crippen LogP contribution in [0.2, 0.25) is 0 Å². The second-order valence-electron chi connectivity index (χ2n) is 4.44. The van der Waals surface area contributed by atoms with Gasteiger partial charge in [0, 0.05) is 26.0 Å². The van der Waals surface area contributed by atoms with Crippen LogP contribution in [0.15, 0.2) is 18.2 Å². The van der Waals surface area contributed by atoms with E-state index in [9.17, 15) is 13.2 Å². The van der Waals surface area contributed by atoms with Gasteiger partial charge in [0.1, 0.15) is 6.61 Å². The van der Waals surface area contributed by atoms with Crippen molar-refractivity contribution in [1.29, 1.82) is 0 Å². The van der Waals surface area contributed by atoms with Crippen molar-refractivity contribution in [2.45, 2.75) is 0 Å². The third kappa shape index (κ3) is 4.78. The lowest BCUT2D eigenvalue weighted by atomic mass is 10.1. The Morgan fingerprint density at radius 2 is 2.00 bits per heavy atom. The predicted octanol–water partition coefficient (Wildman–Crippen LogP) is 0.536. The quantitative estimate of drug-likeness (QED) is 0.627. The van der Waals surface area contributed by atoms with Crippen LogP contribution >= 0.6 is 0 Å². The number of hydrogen-bond acceptors (Lipinski definition) is 6. The third-order valence-electron chi connectivity index (χ3n) is 2.41. The van der Waals surface area contributed by atoms with E-state index in [1.165, 1.54) is 6.07 Å². The Morgan fingerprint density at radius 3 is 2.53 bits per heavy atom. The van der Waals surface area contributed by atoms with Crippen molar-refractivity contribution >= 4 is 27.2 Å². The summed E-state index contributed by atoms with van der Waals surface area (Å²) in [7, 11) is 0.432. The Morgan fingerprint density at radius 1 is 1.37 bits per heavy atom. The molecule has 0 saturated heterocycles. The molecule has 106 valence electrons. The first-order chi connectivity index (χ1) is 8.70. The summed E-state index contributed by atoms with van der Waals surface area (Å²) in [6.45, 7) is -0.167. The van der Waals surface area contributed by atoms with Gasteiger partial charge in [-0.3, -0.25) is 0 Å². The van der Waals surface area contributed by atoms with Crippen molar-refractivity contribution in [3.05, 3.63) is 23.8 Å². The highest BCUT2D eigenvalue weighted by atomic mass is 32.2. The predicted molar refractivity (Wildman–Crippen MR) is 75.2 cm³/mol. The lowest BCUT2D eigenvalue weighted by molar-refractivity contribution is 0.0530. The fourth-order valence-electron chi connectivity index (χ4n) is 1.47. The summed E-state index contributed by atoms with van der Waals surface area (Å²) in [4.78, 5) is 13.7. The molecule has 0 unspecified atom stereocenters. The Balaban J connectivity index is 2.84. The number of nitrogens with two attached hydrogens (primary N) is 1. The van der Waals surface area contributed by atoms with Gasteiger partial charge in [-0.25, -0.2) is 13.2 Å². The largest absolute Gasteiger partial charge is 0.461 e. The van der Waals surface area contributed by atoms with Crippen LogP contribution in [0.25, 0.3) is 0 Å². The zero-order chi connectivity index (χ0) is 14.6. The van der Waals surface area contributed by atoms with Gasteiger partial charge < -0.3 is 15.4 Å². The second kappa shape index (κ2) is 5.92. The zero-order valence-corrected chi connectivity index (χ0v) is 12.0. The second-order valence-corrected chi connectivity index (χ2v) is 6.70. The molecule has 1 rings (SSSR count). The molecule has 6 nitrogen and oxygen atoms in total. The van der Waals surface area contributed by atoms with Crippen molar-refractivity contribution in [3.63, 3.8) is 0 Å². The molecule has 0 heterocycles. The van der Waals surface area contributed by atoms with Crippen LogP contribution in [0, 0.1) is 0 Å². The number of carbonyl (C=O) groups is 1. The maximum absolute atomic E-state index is 11.9. The average molecular weight is 286 g/mol. The number of hydrogen-bond donors (Lipinski definition) is 1. The topological polar surface area (TPSA) is 89.7 Å². The molecule has 2 N–H and O–H groups in total. The van der Waals surface area contributed by atoms with Crippen LogP contribution in [0.4, 0.5) is 11.4 Å². The highest BCUT2D eigenvalue weighted by Gasteiger charge is 2.15. The standard InChI is InChI=1S/C12H18N2O4S/c1-14(2)11-5-4-9(13)8-10(11)12(15)18-6-7-19(3,16)17/h4-5,8H,6-7,13H2,1-3H3. The first kappa shape index (κ1) is 15.3. The molecule has 0 amide bonds. The van der Waals surface area contributed by atoms with Crippen LogP contribution in [-0.2, 0) is 14.6 Å². The summed E-state index contributed by atoms with van der Waals surface area (Å²) in [6, 6.07) is 4.91. The summed E-state index contributed by atoms with van der Waals surface area (Å²) in [5.41, 5.74) is 7.07. The molecule has 0 fully saturated rings. The molecule has 0 radical (unpaired) electrons. The molecule has 1 aromatic carbocycles. The number of ether oxygens (including phenoxy) is 1. The number of carbonyl (C=O) groups excluding carboxylic acids is 1. The van der Waals surface area contributed by atoms with E-state index in [1.54, 1.807) is 31.1 Å². The van der Waals surface area contributed by atoms with Gasteiger partial charge in [-0.1, -0.05) is 0 Å². The van der Waals surface area contributed by atoms with Gasteiger partial charge in [0.05, 0.1) is 17.0 Å². The molecular weight excluding hydrogens is 268 g/mol. The molecule has 0 aliphatic carbocycles. The molecule has 7 heteroatoms. The van der Waals surface area contributed by atoms with Crippen LogP contribution < -0.4 is 10.6 Å². The van der Waals surface area contributed by atoms with Crippen LogP contribution in [0.3, 0.4) is 0 Å². The minimum Gasteiger partial charge on any atom is -0.461 e. The molecule has 0 bridgehead atoms. The van der Waals surface area contributed by atoms with E-state index in [0.29, 0.717) is 16.9 Å². The molecule has 0 atom stereocenters. The first-order valence-corrected chi connectivity index (χ1v) is 7.68. The number of benzene rings is 1. The SMILES string of the molecule is CN(C)c1ccc(N)cc1C(=O)OCCS(C)(=O)=O. The van der Waals surface area contributed by atoms with Gasteiger partial charge in [0.15, 0.2) is 9.84 Å². The first-order valence-electron chi connectivity index (χ1n) is 5.62. The zero-order valence-electron chi connectivity index (χ0n) is 11.2. The van der Waals surface area contributed by atoms with Crippen molar-refractivity contribution in [2.75, 3.05) is 43.3 Å². The lowest BCUT2D eigenvalue weighted by Gasteiger charge is -2.17. The maximum atomic E-state index is 11.9. The van der Waals surface area contributed by atoms with E-state index >= 15 is 0 Å².